The van der Waals surface area contributed by atoms with Crippen LogP contribution in [0, 0.1) is 0 Å². The molecule has 0 saturated carbocycles. The zero-order valence-corrected chi connectivity index (χ0v) is 15.5. The molecule has 4 aliphatic heterocycles. The molecule has 0 aromatic heterocycles. The van der Waals surface area contributed by atoms with Crippen LogP contribution in [0.5, 0.6) is 0 Å². The molecule has 2 saturated heterocycles. The Morgan fingerprint density at radius 3 is 1.62 bits per heavy atom. The van der Waals surface area contributed by atoms with Gasteiger partial charge < -0.3 is 10.6 Å². The minimum absolute atomic E-state index is 0.105. The lowest BCUT2D eigenvalue weighted by atomic mass is 9.45. The second-order valence-corrected chi connectivity index (χ2v) is 8.59. The summed E-state index contributed by atoms with van der Waals surface area (Å²) in [6.07, 6.45) is 3.06. The van der Waals surface area contributed by atoms with Crippen molar-refractivity contribution in [2.45, 2.75) is 36.0 Å². The molecule has 0 spiro atoms. The quantitative estimate of drug-likeness (QED) is 0.768. The van der Waals surface area contributed by atoms with E-state index in [1.807, 2.05) is 0 Å². The van der Waals surface area contributed by atoms with Crippen LogP contribution in [0.15, 0.2) is 48.5 Å². The van der Waals surface area contributed by atoms with Crippen molar-refractivity contribution in [2.75, 3.05) is 37.8 Å². The number of benzene rings is 2. The fourth-order valence-electron chi connectivity index (χ4n) is 6.73. The van der Waals surface area contributed by atoms with Crippen LogP contribution in [0.1, 0.15) is 24.0 Å². The van der Waals surface area contributed by atoms with Gasteiger partial charge in [-0.2, -0.15) is 0 Å². The second kappa shape index (κ2) is 4.81. The number of likely N-dealkylation sites (tertiary alicyclic amines) is 2. The molecule has 2 aromatic carbocycles. The average Bonchev–Trinajstić information content (AvgIpc) is 2.67. The van der Waals surface area contributed by atoms with E-state index in [9.17, 15) is 0 Å². The summed E-state index contributed by atoms with van der Waals surface area (Å²) in [5.41, 5.74) is 5.86. The van der Waals surface area contributed by atoms with Crippen LogP contribution in [0.4, 0.5) is 11.4 Å². The highest BCUT2D eigenvalue weighted by atomic mass is 15.4. The van der Waals surface area contributed by atoms with Gasteiger partial charge in [-0.1, -0.05) is 36.4 Å². The summed E-state index contributed by atoms with van der Waals surface area (Å²) in [6.45, 7) is 2.25. The number of anilines is 2. The van der Waals surface area contributed by atoms with Crippen molar-refractivity contribution in [3.63, 3.8) is 0 Å². The highest BCUT2D eigenvalue weighted by molar-refractivity contribution is 5.72. The van der Waals surface area contributed by atoms with Crippen molar-refractivity contribution >= 4 is 11.4 Å². The fourth-order valence-corrected chi connectivity index (χ4v) is 6.73. The van der Waals surface area contributed by atoms with Gasteiger partial charge in [-0.15, -0.1) is 0 Å². The van der Waals surface area contributed by atoms with Crippen molar-refractivity contribution in [3.8, 4) is 0 Å². The van der Waals surface area contributed by atoms with Crippen molar-refractivity contribution in [1.82, 2.24) is 9.80 Å². The molecule has 2 fully saturated rings. The molecule has 4 atom stereocenters. The molecule has 4 bridgehead atoms. The highest BCUT2D eigenvalue weighted by Crippen LogP contribution is 2.65. The van der Waals surface area contributed by atoms with E-state index >= 15 is 0 Å². The van der Waals surface area contributed by atoms with Crippen molar-refractivity contribution < 1.29 is 0 Å². The zero-order chi connectivity index (χ0) is 17.5. The molecule has 26 heavy (non-hydrogen) atoms. The fraction of sp³-hybridized carbons (Fsp3) is 0.455. The van der Waals surface area contributed by atoms with Gasteiger partial charge in [0.1, 0.15) is 0 Å². The standard InChI is InChI=1S/C22H26N4/c1-25-13-11-22-16-8-4-5-9-17(16)23-19(25)21(22)12-14-26(2)20(22)24-18-10-6-3-7-15(18)21/h3-10,19-20,23-24H,11-14H2,1-2H3/t19-,20?,21-,22-/m1/s1. The Bertz CT molecular complexity index is 822. The van der Waals surface area contributed by atoms with Crippen LogP contribution in [0.25, 0.3) is 0 Å². The van der Waals surface area contributed by atoms with E-state index < -0.39 is 0 Å². The molecule has 0 aliphatic carbocycles. The van der Waals surface area contributed by atoms with Gasteiger partial charge in [0.25, 0.3) is 0 Å². The molecule has 2 aromatic rings. The topological polar surface area (TPSA) is 30.5 Å². The van der Waals surface area contributed by atoms with E-state index in [0.29, 0.717) is 12.3 Å². The van der Waals surface area contributed by atoms with E-state index in [-0.39, 0.29) is 10.8 Å². The van der Waals surface area contributed by atoms with E-state index in [0.717, 1.165) is 13.1 Å². The first kappa shape index (κ1) is 15.1. The highest BCUT2D eigenvalue weighted by Gasteiger charge is 2.70. The minimum Gasteiger partial charge on any atom is -0.369 e. The number of likely N-dealkylation sites (N-methyl/N-ethyl adjacent to an activating group) is 2. The predicted molar refractivity (Wildman–Crippen MR) is 106 cm³/mol. The molecule has 4 nitrogen and oxygen atoms in total. The SMILES string of the molecule is CN1CC[C@]23c4ccccc4NC1[C@]21CCN(C)[C@H]3Nc2ccccc21. The van der Waals surface area contributed by atoms with Crippen molar-refractivity contribution in [2.24, 2.45) is 0 Å². The largest absolute Gasteiger partial charge is 0.369 e. The van der Waals surface area contributed by atoms with Crippen LogP contribution < -0.4 is 10.6 Å². The zero-order valence-electron chi connectivity index (χ0n) is 15.5. The van der Waals surface area contributed by atoms with Crippen molar-refractivity contribution in [3.05, 3.63) is 59.7 Å². The van der Waals surface area contributed by atoms with E-state index in [1.165, 1.54) is 35.3 Å². The number of nitrogens with one attached hydrogen (secondary N) is 2. The minimum atomic E-state index is 0.105. The summed E-state index contributed by atoms with van der Waals surface area (Å²) in [6, 6.07) is 18.1. The van der Waals surface area contributed by atoms with E-state index in [1.54, 1.807) is 0 Å². The first-order valence-corrected chi connectivity index (χ1v) is 9.81. The van der Waals surface area contributed by atoms with Gasteiger partial charge in [0.15, 0.2) is 0 Å². The smallest absolute Gasteiger partial charge is 0.0901 e. The third-order valence-corrected chi connectivity index (χ3v) is 7.73. The van der Waals surface area contributed by atoms with Crippen LogP contribution in [0.2, 0.25) is 0 Å². The summed E-state index contributed by atoms with van der Waals surface area (Å²) >= 11 is 0. The molecular formula is C22H26N4. The summed E-state index contributed by atoms with van der Waals surface area (Å²) in [4.78, 5) is 5.11. The molecule has 2 N–H and O–H groups in total. The maximum absolute atomic E-state index is 3.95. The number of piperidine rings is 2. The Balaban J connectivity index is 1.75. The monoisotopic (exact) mass is 346 g/mol. The number of rotatable bonds is 0. The molecule has 4 heteroatoms. The number of fused-ring (bicyclic) bond motifs is 2. The Hall–Kier alpha value is -2.04. The summed E-state index contributed by atoms with van der Waals surface area (Å²) in [5, 5.41) is 7.91. The van der Waals surface area contributed by atoms with Gasteiger partial charge in [0.2, 0.25) is 0 Å². The van der Waals surface area contributed by atoms with Gasteiger partial charge in [-0.25, -0.2) is 0 Å². The molecular weight excluding hydrogens is 320 g/mol. The summed E-state index contributed by atoms with van der Waals surface area (Å²) in [5.74, 6) is 0. The van der Waals surface area contributed by atoms with E-state index in [4.69, 9.17) is 0 Å². The predicted octanol–water partition coefficient (Wildman–Crippen LogP) is 3.04. The van der Waals surface area contributed by atoms with Gasteiger partial charge in [0, 0.05) is 35.3 Å². The molecule has 6 rings (SSSR count). The number of para-hydroxylation sites is 2. The normalized spacial score (nSPS) is 37.6. The summed E-state index contributed by atoms with van der Waals surface area (Å²) < 4.78 is 0. The Morgan fingerprint density at radius 2 is 1.15 bits per heavy atom. The van der Waals surface area contributed by atoms with Gasteiger partial charge in [-0.3, -0.25) is 9.80 Å². The average molecular weight is 346 g/mol. The molecule has 0 amide bonds. The molecule has 134 valence electrons. The van der Waals surface area contributed by atoms with Crippen LogP contribution in [-0.4, -0.2) is 49.3 Å². The molecule has 1 unspecified atom stereocenters. The third-order valence-electron chi connectivity index (χ3n) is 7.73. The molecule has 4 heterocycles. The Morgan fingerprint density at radius 1 is 0.731 bits per heavy atom. The van der Waals surface area contributed by atoms with E-state index in [2.05, 4.69) is 83.1 Å². The molecule has 4 aliphatic rings. The third kappa shape index (κ3) is 1.47. The first-order chi connectivity index (χ1) is 12.7. The Kier molecular flexibility index (Phi) is 2.79. The number of hydrogen-bond donors (Lipinski definition) is 2. The lowest BCUT2D eigenvalue weighted by molar-refractivity contribution is -0.0691. The van der Waals surface area contributed by atoms with Gasteiger partial charge >= 0.3 is 0 Å². The van der Waals surface area contributed by atoms with Gasteiger partial charge in [0.05, 0.1) is 12.3 Å². The lowest BCUT2D eigenvalue weighted by Crippen LogP contribution is -2.80. The summed E-state index contributed by atoms with van der Waals surface area (Å²) in [7, 11) is 4.59. The van der Waals surface area contributed by atoms with Crippen LogP contribution >= 0.6 is 0 Å². The molecule has 0 radical (unpaired) electrons. The maximum atomic E-state index is 3.95. The van der Waals surface area contributed by atoms with Crippen molar-refractivity contribution in [1.29, 1.82) is 0 Å². The number of hydrogen-bond acceptors (Lipinski definition) is 4. The van der Waals surface area contributed by atoms with Gasteiger partial charge in [-0.05, 0) is 50.2 Å². The van der Waals surface area contributed by atoms with Crippen LogP contribution in [0.3, 0.4) is 0 Å². The second-order valence-electron chi connectivity index (χ2n) is 8.59. The first-order valence-electron chi connectivity index (χ1n) is 9.81. The Labute approximate surface area is 155 Å². The maximum Gasteiger partial charge on any atom is 0.0901 e. The lowest BCUT2D eigenvalue weighted by Gasteiger charge is -2.71. The number of nitrogens with zero attached hydrogens (tertiary/aromatic N) is 2. The van der Waals surface area contributed by atoms with Crippen LogP contribution in [-0.2, 0) is 10.8 Å².